The van der Waals surface area contributed by atoms with E-state index in [1.165, 1.54) is 43.8 Å². The van der Waals surface area contributed by atoms with Crippen LogP contribution >= 0.6 is 0 Å². The van der Waals surface area contributed by atoms with E-state index in [-0.39, 0.29) is 0 Å². The van der Waals surface area contributed by atoms with Crippen molar-refractivity contribution < 1.29 is 0 Å². The van der Waals surface area contributed by atoms with Crippen LogP contribution in [-0.4, -0.2) is 0 Å². The molecule has 7 aromatic rings. The molecule has 0 heterocycles. The SMILES string of the molecule is c1ccc(-c2c(-c3ccccc3)c3c(N(c4ccccc4)c4ccccc4)cccc3c3ccccc23)cc1. The summed E-state index contributed by atoms with van der Waals surface area (Å²) < 4.78 is 0. The molecule has 0 amide bonds. The summed E-state index contributed by atoms with van der Waals surface area (Å²) in [5, 5.41) is 5.01. The number of para-hydroxylation sites is 2. The van der Waals surface area contributed by atoms with Crippen LogP contribution in [0.15, 0.2) is 164 Å². The lowest BCUT2D eigenvalue weighted by Crippen LogP contribution is -2.10. The lowest BCUT2D eigenvalue weighted by atomic mass is 9.84. The van der Waals surface area contributed by atoms with E-state index in [1.54, 1.807) is 0 Å². The second-order valence-corrected chi connectivity index (χ2v) is 9.73. The van der Waals surface area contributed by atoms with Gasteiger partial charge in [0.2, 0.25) is 0 Å². The molecule has 7 rings (SSSR count). The molecule has 0 fully saturated rings. The van der Waals surface area contributed by atoms with Crippen molar-refractivity contribution in [2.75, 3.05) is 4.90 Å². The van der Waals surface area contributed by atoms with Gasteiger partial charge in [-0.25, -0.2) is 0 Å². The zero-order valence-electron chi connectivity index (χ0n) is 21.5. The van der Waals surface area contributed by atoms with Crippen LogP contribution in [0.3, 0.4) is 0 Å². The number of fused-ring (bicyclic) bond motifs is 3. The molecule has 0 unspecified atom stereocenters. The average molecular weight is 498 g/mol. The topological polar surface area (TPSA) is 3.24 Å². The molecule has 0 aromatic heterocycles. The van der Waals surface area contributed by atoms with Crippen molar-refractivity contribution in [1.29, 1.82) is 0 Å². The lowest BCUT2D eigenvalue weighted by molar-refractivity contribution is 1.30. The number of hydrogen-bond donors (Lipinski definition) is 0. The van der Waals surface area contributed by atoms with E-state index in [1.807, 2.05) is 0 Å². The van der Waals surface area contributed by atoms with Gasteiger partial charge in [-0.2, -0.15) is 0 Å². The normalized spacial score (nSPS) is 11.1. The van der Waals surface area contributed by atoms with E-state index in [9.17, 15) is 0 Å². The maximum absolute atomic E-state index is 2.39. The molecule has 184 valence electrons. The van der Waals surface area contributed by atoms with Crippen LogP contribution in [0, 0.1) is 0 Å². The summed E-state index contributed by atoms with van der Waals surface area (Å²) in [5.74, 6) is 0. The number of anilines is 3. The summed E-state index contributed by atoms with van der Waals surface area (Å²) in [4.78, 5) is 2.39. The summed E-state index contributed by atoms with van der Waals surface area (Å²) in [6, 6.07) is 58.6. The Morgan fingerprint density at radius 2 is 0.744 bits per heavy atom. The maximum Gasteiger partial charge on any atom is 0.0546 e. The lowest BCUT2D eigenvalue weighted by Gasteiger charge is -2.29. The third kappa shape index (κ3) is 4.05. The second-order valence-electron chi connectivity index (χ2n) is 9.73. The predicted molar refractivity (Wildman–Crippen MR) is 167 cm³/mol. The summed E-state index contributed by atoms with van der Waals surface area (Å²) in [7, 11) is 0. The highest BCUT2D eigenvalue weighted by molar-refractivity contribution is 6.25. The fourth-order valence-corrected chi connectivity index (χ4v) is 5.79. The van der Waals surface area contributed by atoms with Gasteiger partial charge in [-0.1, -0.05) is 133 Å². The molecule has 39 heavy (non-hydrogen) atoms. The van der Waals surface area contributed by atoms with Gasteiger partial charge in [-0.15, -0.1) is 0 Å². The number of nitrogens with zero attached hydrogens (tertiary/aromatic N) is 1. The maximum atomic E-state index is 2.39. The Morgan fingerprint density at radius 1 is 0.308 bits per heavy atom. The first kappa shape index (κ1) is 23.0. The first-order chi connectivity index (χ1) is 19.4. The zero-order chi connectivity index (χ0) is 26.0. The van der Waals surface area contributed by atoms with Crippen LogP contribution in [0.4, 0.5) is 17.1 Å². The van der Waals surface area contributed by atoms with Crippen molar-refractivity contribution in [1.82, 2.24) is 0 Å². The molecule has 0 aliphatic rings. The van der Waals surface area contributed by atoms with E-state index in [2.05, 4.69) is 169 Å². The average Bonchev–Trinajstić information content (AvgIpc) is 3.02. The van der Waals surface area contributed by atoms with Crippen molar-refractivity contribution in [2.45, 2.75) is 0 Å². The molecule has 0 saturated carbocycles. The number of rotatable bonds is 5. The molecule has 0 saturated heterocycles. The molecule has 0 spiro atoms. The van der Waals surface area contributed by atoms with Crippen LogP contribution in [0.2, 0.25) is 0 Å². The molecule has 0 radical (unpaired) electrons. The zero-order valence-corrected chi connectivity index (χ0v) is 21.5. The van der Waals surface area contributed by atoms with Crippen molar-refractivity contribution in [2.24, 2.45) is 0 Å². The Bertz CT molecular complexity index is 1840. The van der Waals surface area contributed by atoms with Crippen molar-refractivity contribution in [3.63, 3.8) is 0 Å². The number of benzene rings is 7. The van der Waals surface area contributed by atoms with Gasteiger partial charge in [0.15, 0.2) is 0 Å². The molecule has 0 atom stereocenters. The molecule has 0 bridgehead atoms. The van der Waals surface area contributed by atoms with Crippen LogP contribution < -0.4 is 4.90 Å². The Kier molecular flexibility index (Phi) is 5.88. The second kappa shape index (κ2) is 9.96. The fourth-order valence-electron chi connectivity index (χ4n) is 5.79. The molecular weight excluding hydrogens is 470 g/mol. The van der Waals surface area contributed by atoms with E-state index >= 15 is 0 Å². The summed E-state index contributed by atoms with van der Waals surface area (Å²) in [6.45, 7) is 0. The van der Waals surface area contributed by atoms with Crippen LogP contribution in [-0.2, 0) is 0 Å². The molecule has 1 heteroatoms. The monoisotopic (exact) mass is 497 g/mol. The van der Waals surface area contributed by atoms with E-state index in [0.717, 1.165) is 17.1 Å². The highest BCUT2D eigenvalue weighted by Gasteiger charge is 2.23. The summed E-state index contributed by atoms with van der Waals surface area (Å²) in [6.07, 6.45) is 0. The minimum atomic E-state index is 1.13. The van der Waals surface area contributed by atoms with Crippen LogP contribution in [0.1, 0.15) is 0 Å². The number of hydrogen-bond acceptors (Lipinski definition) is 1. The highest BCUT2D eigenvalue weighted by Crippen LogP contribution is 2.49. The molecule has 0 N–H and O–H groups in total. The van der Waals surface area contributed by atoms with Gasteiger partial charge in [-0.05, 0) is 63.2 Å². The van der Waals surface area contributed by atoms with Crippen LogP contribution in [0.5, 0.6) is 0 Å². The standard InChI is InChI=1S/C38H27N/c1-5-16-28(17-6-1)36-33-25-14-13-24-32(33)34-26-15-27-35(38(34)37(36)29-18-7-2-8-19-29)39(30-20-9-3-10-21-30)31-22-11-4-12-23-31/h1-27H. The molecular formula is C38H27N. The third-order valence-corrected chi connectivity index (χ3v) is 7.42. The van der Waals surface area contributed by atoms with Gasteiger partial charge in [0.1, 0.15) is 0 Å². The van der Waals surface area contributed by atoms with Gasteiger partial charge in [-0.3, -0.25) is 0 Å². The largest absolute Gasteiger partial charge is 0.310 e. The summed E-state index contributed by atoms with van der Waals surface area (Å²) in [5.41, 5.74) is 8.36. The van der Waals surface area contributed by atoms with Crippen molar-refractivity contribution in [3.8, 4) is 22.3 Å². The van der Waals surface area contributed by atoms with Gasteiger partial charge in [0.05, 0.1) is 5.69 Å². The third-order valence-electron chi connectivity index (χ3n) is 7.42. The Morgan fingerprint density at radius 3 is 1.31 bits per heavy atom. The van der Waals surface area contributed by atoms with Gasteiger partial charge >= 0.3 is 0 Å². The van der Waals surface area contributed by atoms with E-state index < -0.39 is 0 Å². The Labute approximate surface area is 229 Å². The molecule has 0 aliphatic carbocycles. The Hall–Kier alpha value is -5.14. The van der Waals surface area contributed by atoms with Gasteiger partial charge < -0.3 is 4.90 Å². The predicted octanol–water partition coefficient (Wildman–Crippen LogP) is 10.8. The van der Waals surface area contributed by atoms with E-state index in [4.69, 9.17) is 0 Å². The van der Waals surface area contributed by atoms with Crippen molar-refractivity contribution >= 4 is 38.6 Å². The first-order valence-electron chi connectivity index (χ1n) is 13.4. The highest BCUT2D eigenvalue weighted by atomic mass is 15.1. The Balaban J connectivity index is 1.70. The molecule has 0 aliphatic heterocycles. The minimum absolute atomic E-state index is 1.13. The van der Waals surface area contributed by atoms with E-state index in [0.29, 0.717) is 0 Å². The first-order valence-corrected chi connectivity index (χ1v) is 13.4. The quantitative estimate of drug-likeness (QED) is 0.214. The van der Waals surface area contributed by atoms with Crippen molar-refractivity contribution in [3.05, 3.63) is 164 Å². The van der Waals surface area contributed by atoms with Crippen LogP contribution in [0.25, 0.3) is 43.8 Å². The molecule has 7 aromatic carbocycles. The van der Waals surface area contributed by atoms with Gasteiger partial charge in [0, 0.05) is 22.3 Å². The smallest absolute Gasteiger partial charge is 0.0546 e. The fraction of sp³-hybridized carbons (Fsp3) is 0. The van der Waals surface area contributed by atoms with Gasteiger partial charge in [0.25, 0.3) is 0 Å². The summed E-state index contributed by atoms with van der Waals surface area (Å²) >= 11 is 0. The minimum Gasteiger partial charge on any atom is -0.310 e. The molecule has 1 nitrogen and oxygen atoms in total.